The minimum absolute atomic E-state index is 0.0159. The first-order valence-electron chi connectivity index (χ1n) is 8.60. The fourth-order valence-electron chi connectivity index (χ4n) is 2.91. The molecule has 0 N–H and O–H groups in total. The summed E-state index contributed by atoms with van der Waals surface area (Å²) in [6.07, 6.45) is 1.89. The summed E-state index contributed by atoms with van der Waals surface area (Å²) in [7, 11) is 1.55. The quantitative estimate of drug-likeness (QED) is 0.481. The summed E-state index contributed by atoms with van der Waals surface area (Å²) < 4.78 is 8.95. The lowest BCUT2D eigenvalue weighted by molar-refractivity contribution is 0.431. The van der Waals surface area contributed by atoms with Gasteiger partial charge >= 0.3 is 5.76 Å². The van der Waals surface area contributed by atoms with Crippen LogP contribution in [-0.4, -0.2) is 29.1 Å². The number of aromatic nitrogens is 6. The standard InChI is InChI=1S/C18H14ClN7O3/c1-24-10-21-15-13(8-20)22-26(16(15)17(24)27)9-14-23-25(18(28)29-14)7-6-11-2-4-12(19)5-3-11/h2-5,10H,6-7,9H2,1H3. The van der Waals surface area contributed by atoms with E-state index >= 15 is 0 Å². The highest BCUT2D eigenvalue weighted by molar-refractivity contribution is 6.30. The Kier molecular flexibility index (Phi) is 4.74. The Balaban J connectivity index is 1.61. The monoisotopic (exact) mass is 411 g/mol. The molecule has 0 aliphatic carbocycles. The fourth-order valence-corrected chi connectivity index (χ4v) is 3.03. The maximum atomic E-state index is 12.4. The maximum Gasteiger partial charge on any atom is 0.437 e. The first-order chi connectivity index (χ1) is 14.0. The molecule has 0 bridgehead atoms. The van der Waals surface area contributed by atoms with Crippen molar-refractivity contribution in [1.82, 2.24) is 29.1 Å². The molecular formula is C18H14ClN7O3. The summed E-state index contributed by atoms with van der Waals surface area (Å²) in [5.41, 5.74) is 0.984. The summed E-state index contributed by atoms with van der Waals surface area (Å²) >= 11 is 5.87. The molecule has 4 rings (SSSR count). The van der Waals surface area contributed by atoms with Crippen LogP contribution >= 0.6 is 11.6 Å². The Labute approximate surface area is 168 Å². The normalized spacial score (nSPS) is 11.1. The highest BCUT2D eigenvalue weighted by Gasteiger charge is 2.18. The van der Waals surface area contributed by atoms with Crippen molar-refractivity contribution < 1.29 is 4.42 Å². The van der Waals surface area contributed by atoms with Crippen molar-refractivity contribution in [3.05, 3.63) is 73.7 Å². The molecule has 146 valence electrons. The minimum Gasteiger partial charge on any atom is -0.390 e. The topological polar surface area (TPSA) is 125 Å². The van der Waals surface area contributed by atoms with Crippen molar-refractivity contribution in [3.8, 4) is 6.07 Å². The second-order valence-corrected chi connectivity index (χ2v) is 6.77. The molecule has 3 heterocycles. The number of aryl methyl sites for hydroxylation is 3. The van der Waals surface area contributed by atoms with E-state index in [1.54, 1.807) is 19.2 Å². The Morgan fingerprint density at radius 3 is 2.66 bits per heavy atom. The zero-order chi connectivity index (χ0) is 20.5. The van der Waals surface area contributed by atoms with Gasteiger partial charge in [-0.2, -0.15) is 15.0 Å². The van der Waals surface area contributed by atoms with Gasteiger partial charge in [-0.05, 0) is 24.1 Å². The van der Waals surface area contributed by atoms with Crippen LogP contribution in [0.4, 0.5) is 0 Å². The fraction of sp³-hybridized carbons (Fsp3) is 0.222. The van der Waals surface area contributed by atoms with Crippen molar-refractivity contribution in [3.63, 3.8) is 0 Å². The lowest BCUT2D eigenvalue weighted by Gasteiger charge is -2.01. The Hall–Kier alpha value is -3.71. The molecule has 11 heteroatoms. The molecular weight excluding hydrogens is 398 g/mol. The summed E-state index contributed by atoms with van der Waals surface area (Å²) in [6.45, 7) is 0.235. The van der Waals surface area contributed by atoms with Gasteiger partial charge in [-0.25, -0.2) is 14.5 Å². The lowest BCUT2D eigenvalue weighted by Crippen LogP contribution is -2.20. The molecule has 0 saturated heterocycles. The number of nitriles is 1. The molecule has 0 aliphatic heterocycles. The molecule has 0 atom stereocenters. The van der Waals surface area contributed by atoms with E-state index in [4.69, 9.17) is 16.0 Å². The van der Waals surface area contributed by atoms with E-state index in [0.717, 1.165) is 5.56 Å². The molecule has 1 aromatic carbocycles. The zero-order valence-corrected chi connectivity index (χ0v) is 16.0. The number of hydrogen-bond donors (Lipinski definition) is 0. The van der Waals surface area contributed by atoms with Crippen LogP contribution in [0, 0.1) is 11.3 Å². The van der Waals surface area contributed by atoms with Crippen molar-refractivity contribution in [2.24, 2.45) is 7.05 Å². The highest BCUT2D eigenvalue weighted by Crippen LogP contribution is 2.13. The Morgan fingerprint density at radius 1 is 1.17 bits per heavy atom. The first-order valence-corrected chi connectivity index (χ1v) is 8.97. The first kappa shape index (κ1) is 18.6. The third kappa shape index (κ3) is 3.55. The van der Waals surface area contributed by atoms with Crippen LogP contribution < -0.4 is 11.3 Å². The molecule has 3 aromatic heterocycles. The number of fused-ring (bicyclic) bond motifs is 1. The molecule has 29 heavy (non-hydrogen) atoms. The largest absolute Gasteiger partial charge is 0.437 e. The summed E-state index contributed by atoms with van der Waals surface area (Å²) in [4.78, 5) is 28.6. The van der Waals surface area contributed by atoms with E-state index < -0.39 is 5.76 Å². The van der Waals surface area contributed by atoms with Gasteiger partial charge in [0.15, 0.2) is 11.2 Å². The van der Waals surface area contributed by atoms with Gasteiger partial charge in [0.25, 0.3) is 5.56 Å². The SMILES string of the molecule is Cn1cnc2c(C#N)nn(Cc3nn(CCc4ccc(Cl)cc4)c(=O)o3)c2c1=O. The predicted molar refractivity (Wildman–Crippen MR) is 103 cm³/mol. The molecule has 0 radical (unpaired) electrons. The van der Waals surface area contributed by atoms with Crippen LogP contribution in [0.25, 0.3) is 11.0 Å². The smallest absolute Gasteiger partial charge is 0.390 e. The molecule has 0 unspecified atom stereocenters. The average Bonchev–Trinajstić information content (AvgIpc) is 3.24. The van der Waals surface area contributed by atoms with Crippen LogP contribution in [0.3, 0.4) is 0 Å². The van der Waals surface area contributed by atoms with Crippen LogP contribution in [-0.2, 0) is 26.6 Å². The summed E-state index contributed by atoms with van der Waals surface area (Å²) in [6, 6.07) is 9.21. The molecule has 0 saturated carbocycles. The molecule has 10 nitrogen and oxygen atoms in total. The van der Waals surface area contributed by atoms with Crippen molar-refractivity contribution in [2.45, 2.75) is 19.5 Å². The molecule has 4 aromatic rings. The van der Waals surface area contributed by atoms with Crippen LogP contribution in [0.2, 0.25) is 5.02 Å². The van der Waals surface area contributed by atoms with Gasteiger partial charge in [0.2, 0.25) is 5.89 Å². The number of rotatable bonds is 5. The second kappa shape index (κ2) is 7.37. The number of hydrogen-bond acceptors (Lipinski definition) is 7. The van der Waals surface area contributed by atoms with E-state index in [2.05, 4.69) is 15.2 Å². The highest BCUT2D eigenvalue weighted by atomic mass is 35.5. The van der Waals surface area contributed by atoms with Gasteiger partial charge in [0.1, 0.15) is 18.1 Å². The van der Waals surface area contributed by atoms with Crippen LogP contribution in [0.5, 0.6) is 0 Å². The Morgan fingerprint density at radius 2 is 1.93 bits per heavy atom. The van der Waals surface area contributed by atoms with Crippen molar-refractivity contribution in [1.29, 1.82) is 5.26 Å². The van der Waals surface area contributed by atoms with Crippen molar-refractivity contribution in [2.75, 3.05) is 0 Å². The molecule has 0 amide bonds. The number of nitrogens with zero attached hydrogens (tertiary/aromatic N) is 7. The summed E-state index contributed by atoms with van der Waals surface area (Å²) in [5.74, 6) is -0.539. The van der Waals surface area contributed by atoms with E-state index in [-0.39, 0.29) is 34.7 Å². The van der Waals surface area contributed by atoms with E-state index in [9.17, 15) is 14.9 Å². The zero-order valence-electron chi connectivity index (χ0n) is 15.2. The number of benzene rings is 1. The van der Waals surface area contributed by atoms with E-state index in [0.29, 0.717) is 18.0 Å². The van der Waals surface area contributed by atoms with Crippen LogP contribution in [0.15, 0.2) is 44.6 Å². The van der Waals surface area contributed by atoms with Gasteiger partial charge in [-0.15, -0.1) is 5.10 Å². The van der Waals surface area contributed by atoms with Gasteiger partial charge in [-0.1, -0.05) is 23.7 Å². The predicted octanol–water partition coefficient (Wildman–Crippen LogP) is 1.10. The molecule has 0 spiro atoms. The van der Waals surface area contributed by atoms with Gasteiger partial charge < -0.3 is 8.98 Å². The molecule has 0 fully saturated rings. The maximum absolute atomic E-state index is 12.4. The second-order valence-electron chi connectivity index (χ2n) is 6.34. The average molecular weight is 412 g/mol. The third-order valence-corrected chi connectivity index (χ3v) is 4.63. The summed E-state index contributed by atoms with van der Waals surface area (Å²) in [5, 5.41) is 18.2. The van der Waals surface area contributed by atoms with E-state index in [1.807, 2.05) is 18.2 Å². The minimum atomic E-state index is -0.614. The van der Waals surface area contributed by atoms with Crippen molar-refractivity contribution >= 4 is 22.6 Å². The van der Waals surface area contributed by atoms with Gasteiger partial charge in [0, 0.05) is 12.1 Å². The Bertz CT molecular complexity index is 1360. The van der Waals surface area contributed by atoms with Gasteiger partial charge in [-0.3, -0.25) is 4.79 Å². The van der Waals surface area contributed by atoms with Gasteiger partial charge in [0.05, 0.1) is 12.9 Å². The van der Waals surface area contributed by atoms with Crippen LogP contribution in [0.1, 0.15) is 17.1 Å². The number of halogens is 1. The molecule has 0 aliphatic rings. The lowest BCUT2D eigenvalue weighted by atomic mass is 10.1. The van der Waals surface area contributed by atoms with E-state index in [1.165, 1.54) is 20.3 Å². The third-order valence-electron chi connectivity index (χ3n) is 4.37.